The van der Waals surface area contributed by atoms with E-state index in [2.05, 4.69) is 20.1 Å². The third kappa shape index (κ3) is 2.74. The van der Waals surface area contributed by atoms with Crippen molar-refractivity contribution in [2.24, 2.45) is 11.1 Å². The quantitative estimate of drug-likeness (QED) is 0.432. The summed E-state index contributed by atoms with van der Waals surface area (Å²) in [5.74, 6) is 1.17. The van der Waals surface area contributed by atoms with E-state index in [0.29, 0.717) is 36.1 Å². The van der Waals surface area contributed by atoms with Crippen LogP contribution in [-0.2, 0) is 10.2 Å². The molecule has 2 saturated heterocycles. The van der Waals surface area contributed by atoms with E-state index >= 15 is 0 Å². The van der Waals surface area contributed by atoms with E-state index in [9.17, 15) is 4.79 Å². The van der Waals surface area contributed by atoms with Gasteiger partial charge in [-0.2, -0.15) is 10.1 Å². The van der Waals surface area contributed by atoms with Gasteiger partial charge in [-0.05, 0) is 37.8 Å². The molecule has 0 amide bonds. The molecule has 5 heterocycles. The molecule has 4 N–H and O–H groups in total. The number of benzene rings is 1. The fourth-order valence-electron chi connectivity index (χ4n) is 5.54. The Labute approximate surface area is 188 Å². The topological polar surface area (TPSA) is 139 Å². The molecule has 4 aromatic rings. The molecule has 3 aromatic heterocycles. The Hall–Kier alpha value is -3.24. The van der Waals surface area contributed by atoms with Crippen molar-refractivity contribution in [3.63, 3.8) is 0 Å². The van der Waals surface area contributed by atoms with Crippen LogP contribution in [0.15, 0.2) is 33.5 Å². The Kier molecular flexibility index (Phi) is 3.88. The molecule has 1 spiro atoms. The lowest BCUT2D eigenvalue weighted by Gasteiger charge is -2.40. The van der Waals surface area contributed by atoms with E-state index in [-0.39, 0.29) is 17.0 Å². The van der Waals surface area contributed by atoms with Crippen LogP contribution in [-0.4, -0.2) is 57.5 Å². The highest BCUT2D eigenvalue weighted by Crippen LogP contribution is 2.54. The van der Waals surface area contributed by atoms with Crippen LogP contribution in [0.3, 0.4) is 0 Å². The fourth-order valence-corrected chi connectivity index (χ4v) is 5.54. The van der Waals surface area contributed by atoms with Gasteiger partial charge in [0.2, 0.25) is 11.8 Å². The summed E-state index contributed by atoms with van der Waals surface area (Å²) in [5.41, 5.74) is 8.41. The molecule has 10 heteroatoms. The first-order valence-electron chi connectivity index (χ1n) is 11.5. The zero-order valence-electron chi connectivity index (χ0n) is 18.1. The van der Waals surface area contributed by atoms with Crippen molar-refractivity contribution >= 4 is 28.1 Å². The van der Waals surface area contributed by atoms with Gasteiger partial charge in [0.1, 0.15) is 10.9 Å². The molecule has 7 rings (SSSR count). The second-order valence-electron chi connectivity index (χ2n) is 9.73. The van der Waals surface area contributed by atoms with Crippen LogP contribution in [0.4, 0.5) is 5.95 Å². The predicted molar refractivity (Wildman–Crippen MR) is 121 cm³/mol. The molecule has 1 atom stereocenters. The van der Waals surface area contributed by atoms with Gasteiger partial charge in [0.05, 0.1) is 24.3 Å². The maximum absolute atomic E-state index is 13.2. The van der Waals surface area contributed by atoms with E-state index in [1.807, 2.05) is 24.3 Å². The van der Waals surface area contributed by atoms with Gasteiger partial charge >= 0.3 is 0 Å². The van der Waals surface area contributed by atoms with Crippen molar-refractivity contribution in [2.75, 3.05) is 31.2 Å². The highest BCUT2D eigenvalue weighted by Gasteiger charge is 2.53. The predicted octanol–water partition coefficient (Wildman–Crippen LogP) is 1.81. The number of fused-ring (bicyclic) bond motifs is 2. The van der Waals surface area contributed by atoms with Gasteiger partial charge in [-0.15, -0.1) is 0 Å². The summed E-state index contributed by atoms with van der Waals surface area (Å²) in [4.78, 5) is 27.7. The van der Waals surface area contributed by atoms with Crippen LogP contribution >= 0.6 is 0 Å². The number of rotatable bonds is 3. The maximum Gasteiger partial charge on any atom is 0.263 e. The number of nitrogens with one attached hydrogen (secondary N) is 2. The molecule has 1 aliphatic carbocycles. The summed E-state index contributed by atoms with van der Waals surface area (Å²) >= 11 is 0. The molecule has 33 heavy (non-hydrogen) atoms. The number of nitrogens with zero attached hydrogens (tertiary/aromatic N) is 4. The summed E-state index contributed by atoms with van der Waals surface area (Å²) in [6.45, 7) is 2.88. The molecule has 170 valence electrons. The number of nitrogens with two attached hydrogens (primary N) is 1. The number of oxazole rings is 1. The van der Waals surface area contributed by atoms with Gasteiger partial charge in [0.25, 0.3) is 5.56 Å². The van der Waals surface area contributed by atoms with Gasteiger partial charge < -0.3 is 19.8 Å². The van der Waals surface area contributed by atoms with Gasteiger partial charge in [0, 0.05) is 24.5 Å². The molecule has 2 aliphatic heterocycles. The lowest BCUT2D eigenvalue weighted by atomic mass is 9.75. The molecule has 1 saturated carbocycles. The third-order valence-electron chi connectivity index (χ3n) is 7.88. The molecular formula is C23H25N7O3. The molecular weight excluding hydrogens is 422 g/mol. The van der Waals surface area contributed by atoms with Crippen molar-refractivity contribution in [3.05, 3.63) is 46.2 Å². The zero-order valence-corrected chi connectivity index (χ0v) is 18.1. The van der Waals surface area contributed by atoms with Crippen molar-refractivity contribution in [1.82, 2.24) is 25.1 Å². The zero-order chi connectivity index (χ0) is 22.2. The first-order chi connectivity index (χ1) is 16.1. The Bertz CT molecular complexity index is 1390. The van der Waals surface area contributed by atoms with Crippen molar-refractivity contribution < 1.29 is 9.15 Å². The molecule has 0 unspecified atom stereocenters. The second kappa shape index (κ2) is 6.64. The third-order valence-corrected chi connectivity index (χ3v) is 7.88. The van der Waals surface area contributed by atoms with E-state index in [0.717, 1.165) is 55.6 Å². The number of ether oxygens (including phenoxy) is 1. The molecule has 3 fully saturated rings. The molecule has 0 radical (unpaired) electrons. The van der Waals surface area contributed by atoms with Crippen LogP contribution in [0.1, 0.15) is 37.3 Å². The summed E-state index contributed by atoms with van der Waals surface area (Å²) in [5, 5.41) is 7.99. The number of aromatic amines is 2. The van der Waals surface area contributed by atoms with Crippen LogP contribution in [0.25, 0.3) is 22.1 Å². The number of H-pyrrole nitrogens is 2. The van der Waals surface area contributed by atoms with Gasteiger partial charge in [-0.25, -0.2) is 4.98 Å². The van der Waals surface area contributed by atoms with E-state index in [1.54, 1.807) is 0 Å². The van der Waals surface area contributed by atoms with Crippen LogP contribution in [0.2, 0.25) is 0 Å². The van der Waals surface area contributed by atoms with E-state index < -0.39 is 5.41 Å². The summed E-state index contributed by atoms with van der Waals surface area (Å²) in [6.07, 6.45) is 3.52. The number of hydrogen-bond donors (Lipinski definition) is 3. The molecule has 1 aromatic carbocycles. The molecule has 0 bridgehead atoms. The van der Waals surface area contributed by atoms with Crippen molar-refractivity contribution in [2.45, 2.75) is 37.1 Å². The van der Waals surface area contributed by atoms with Gasteiger partial charge in [0.15, 0.2) is 11.2 Å². The standard InChI is InChI=1S/C23H25N7O3/c24-15-11-32-12-22(15)7-9-30(10-8-22)21-26-18-16(19(31)27-21)17(28-29-18)23(5-6-23)20-25-13-3-1-2-4-14(13)33-20/h1-4,15H,5-12,24H2,(H2,26,27,28,29,31)/t15-/m1/s1. The first-order valence-corrected chi connectivity index (χ1v) is 11.5. The van der Waals surface area contributed by atoms with Gasteiger partial charge in [-0.3, -0.25) is 14.9 Å². The summed E-state index contributed by atoms with van der Waals surface area (Å²) in [6, 6.07) is 7.77. The fraction of sp³-hybridized carbons (Fsp3) is 0.478. The monoisotopic (exact) mass is 447 g/mol. The molecule has 3 aliphatic rings. The lowest BCUT2D eigenvalue weighted by molar-refractivity contribution is 0.131. The lowest BCUT2D eigenvalue weighted by Crippen LogP contribution is -2.49. The van der Waals surface area contributed by atoms with Crippen LogP contribution in [0, 0.1) is 5.41 Å². The first kappa shape index (κ1) is 19.2. The number of para-hydroxylation sites is 2. The average molecular weight is 447 g/mol. The summed E-state index contributed by atoms with van der Waals surface area (Å²) < 4.78 is 11.7. The number of piperidine rings is 1. The smallest absolute Gasteiger partial charge is 0.263 e. The Balaban J connectivity index is 1.22. The SMILES string of the molecule is N[C@@H]1COCC12CCN(c1nc3n[nH]c(C4(c5nc6ccccc6o5)CC4)c3c(=O)[nH]1)CC2. The van der Waals surface area contributed by atoms with Gasteiger partial charge in [-0.1, -0.05) is 12.1 Å². The Morgan fingerprint density at radius 2 is 1.94 bits per heavy atom. The Morgan fingerprint density at radius 3 is 2.67 bits per heavy atom. The number of anilines is 1. The van der Waals surface area contributed by atoms with Crippen molar-refractivity contribution in [1.29, 1.82) is 0 Å². The van der Waals surface area contributed by atoms with E-state index in [1.165, 1.54) is 0 Å². The highest BCUT2D eigenvalue weighted by molar-refractivity contribution is 5.81. The maximum atomic E-state index is 13.2. The average Bonchev–Trinajstić information content (AvgIpc) is 3.16. The Morgan fingerprint density at radius 1 is 1.12 bits per heavy atom. The van der Waals surface area contributed by atoms with Crippen LogP contribution < -0.4 is 16.2 Å². The highest BCUT2D eigenvalue weighted by atomic mass is 16.5. The minimum absolute atomic E-state index is 0.0400. The van der Waals surface area contributed by atoms with Crippen molar-refractivity contribution in [3.8, 4) is 0 Å². The largest absolute Gasteiger partial charge is 0.440 e. The number of hydrogen-bond acceptors (Lipinski definition) is 8. The number of aromatic nitrogens is 5. The molecule has 10 nitrogen and oxygen atoms in total. The minimum Gasteiger partial charge on any atom is -0.440 e. The summed E-state index contributed by atoms with van der Waals surface area (Å²) in [7, 11) is 0. The second-order valence-corrected chi connectivity index (χ2v) is 9.73. The van der Waals surface area contributed by atoms with Crippen LogP contribution in [0.5, 0.6) is 0 Å². The minimum atomic E-state index is -0.458. The normalized spacial score (nSPS) is 23.7. The van der Waals surface area contributed by atoms with E-state index in [4.69, 9.17) is 24.9 Å².